The van der Waals surface area contributed by atoms with Crippen molar-refractivity contribution in [2.24, 2.45) is 17.8 Å². The van der Waals surface area contributed by atoms with Crippen molar-refractivity contribution < 1.29 is 9.13 Å². The minimum Gasteiger partial charge on any atom is -0.483 e. The quantitative estimate of drug-likeness (QED) is 0.587. The second-order valence-electron chi connectivity index (χ2n) is 8.23. The lowest BCUT2D eigenvalue weighted by molar-refractivity contribution is 0.215. The Bertz CT molecular complexity index is 793. The van der Waals surface area contributed by atoms with E-state index in [1.807, 2.05) is 0 Å². The van der Waals surface area contributed by atoms with E-state index >= 15 is 0 Å². The zero-order chi connectivity index (χ0) is 19.0. The molecule has 0 amide bonds. The number of aromatic nitrogens is 3. The van der Waals surface area contributed by atoms with Crippen molar-refractivity contribution in [3.63, 3.8) is 0 Å². The van der Waals surface area contributed by atoms with Gasteiger partial charge in [0.15, 0.2) is 22.5 Å². The van der Waals surface area contributed by atoms with Gasteiger partial charge < -0.3 is 4.74 Å². The molecule has 2 aromatic rings. The smallest absolute Gasteiger partial charge is 0.191 e. The first-order valence-corrected chi connectivity index (χ1v) is 10.9. The monoisotopic (exact) mass is 389 g/mol. The average Bonchev–Trinajstić information content (AvgIpc) is 3.36. The third-order valence-electron chi connectivity index (χ3n) is 6.09. The molecular formula is C21H28FN3OS. The largest absolute Gasteiger partial charge is 0.483 e. The van der Waals surface area contributed by atoms with Gasteiger partial charge in [-0.3, -0.25) is 4.57 Å². The van der Waals surface area contributed by atoms with Crippen molar-refractivity contribution in [2.75, 3.05) is 0 Å². The molecule has 0 aliphatic heterocycles. The lowest BCUT2D eigenvalue weighted by atomic mass is 9.84. The van der Waals surface area contributed by atoms with E-state index in [9.17, 15) is 4.39 Å². The molecule has 1 aromatic carbocycles. The van der Waals surface area contributed by atoms with Gasteiger partial charge in [0.1, 0.15) is 6.61 Å². The highest BCUT2D eigenvalue weighted by Gasteiger charge is 2.43. The summed E-state index contributed by atoms with van der Waals surface area (Å²) in [5.41, 5.74) is 0. The minimum absolute atomic E-state index is 0.234. The summed E-state index contributed by atoms with van der Waals surface area (Å²) in [6.07, 6.45) is 5.44. The molecule has 4 unspecified atom stereocenters. The van der Waals surface area contributed by atoms with E-state index in [2.05, 4.69) is 35.5 Å². The first-order valence-electron chi connectivity index (χ1n) is 10.0. The maximum absolute atomic E-state index is 13.9. The molecule has 0 radical (unpaired) electrons. The zero-order valence-electron chi connectivity index (χ0n) is 16.3. The van der Waals surface area contributed by atoms with Crippen LogP contribution in [0.5, 0.6) is 5.75 Å². The van der Waals surface area contributed by atoms with E-state index in [1.54, 1.807) is 30.0 Å². The number of thioether (sulfide) groups is 1. The summed E-state index contributed by atoms with van der Waals surface area (Å²) in [6, 6.07) is 6.85. The number of hydrogen-bond donors (Lipinski definition) is 0. The Morgan fingerprint density at radius 3 is 2.67 bits per heavy atom. The fraction of sp³-hybridized carbons (Fsp3) is 0.619. The Morgan fingerprint density at radius 1 is 1.19 bits per heavy atom. The van der Waals surface area contributed by atoms with Gasteiger partial charge in [0.2, 0.25) is 0 Å². The standard InChI is InChI=1S/C21H28FN3OS/c1-13(2)27-21-24-23-20(12-26-19-7-5-4-6-18(19)22)25(21)14(3)17-11-15-8-9-16(17)10-15/h4-7,13-17H,8-12H2,1-3H3. The van der Waals surface area contributed by atoms with Crippen LogP contribution in [0.4, 0.5) is 4.39 Å². The number of rotatable bonds is 7. The van der Waals surface area contributed by atoms with Gasteiger partial charge in [-0.2, -0.15) is 0 Å². The van der Waals surface area contributed by atoms with E-state index in [1.165, 1.54) is 31.7 Å². The molecule has 1 aromatic heterocycles. The van der Waals surface area contributed by atoms with Crippen molar-refractivity contribution in [2.45, 2.75) is 69.5 Å². The fourth-order valence-corrected chi connectivity index (χ4v) is 5.78. The Morgan fingerprint density at radius 2 is 2.00 bits per heavy atom. The molecule has 2 aliphatic rings. The third kappa shape index (κ3) is 3.86. The van der Waals surface area contributed by atoms with Crippen molar-refractivity contribution in [1.29, 1.82) is 0 Å². The maximum atomic E-state index is 13.9. The van der Waals surface area contributed by atoms with Gasteiger partial charge in [-0.15, -0.1) is 10.2 Å². The van der Waals surface area contributed by atoms with E-state index in [4.69, 9.17) is 4.74 Å². The highest BCUT2D eigenvalue weighted by Crippen LogP contribution is 2.52. The predicted molar refractivity (Wildman–Crippen MR) is 105 cm³/mol. The van der Waals surface area contributed by atoms with Gasteiger partial charge in [-0.1, -0.05) is 44.2 Å². The van der Waals surface area contributed by atoms with Gasteiger partial charge in [-0.05, 0) is 56.1 Å². The Hall–Kier alpha value is -1.56. The molecule has 0 saturated heterocycles. The van der Waals surface area contributed by atoms with Gasteiger partial charge in [-0.25, -0.2) is 4.39 Å². The first-order chi connectivity index (χ1) is 13.0. The van der Waals surface area contributed by atoms with E-state index in [-0.39, 0.29) is 18.2 Å². The summed E-state index contributed by atoms with van der Waals surface area (Å²) < 4.78 is 21.9. The van der Waals surface area contributed by atoms with Gasteiger partial charge in [0, 0.05) is 11.3 Å². The molecule has 2 aliphatic carbocycles. The predicted octanol–water partition coefficient (Wildman–Crippen LogP) is 5.49. The van der Waals surface area contributed by atoms with Crippen LogP contribution >= 0.6 is 11.8 Å². The van der Waals surface area contributed by atoms with Gasteiger partial charge >= 0.3 is 0 Å². The number of halogens is 1. The van der Waals surface area contributed by atoms with Crippen LogP contribution in [-0.2, 0) is 6.61 Å². The van der Waals surface area contributed by atoms with E-state index in [0.717, 1.165) is 22.8 Å². The zero-order valence-corrected chi connectivity index (χ0v) is 17.1. The van der Waals surface area contributed by atoms with Crippen LogP contribution < -0.4 is 4.74 Å². The van der Waals surface area contributed by atoms with Crippen molar-refractivity contribution in [3.05, 3.63) is 35.9 Å². The summed E-state index contributed by atoms with van der Waals surface area (Å²) in [7, 11) is 0. The topological polar surface area (TPSA) is 39.9 Å². The summed E-state index contributed by atoms with van der Waals surface area (Å²) in [6.45, 7) is 6.87. The Labute approximate surface area is 164 Å². The SMILES string of the molecule is CC(C)Sc1nnc(COc2ccccc2F)n1C(C)C1CC2CCC1C2. The van der Waals surface area contributed by atoms with Crippen molar-refractivity contribution in [3.8, 4) is 5.75 Å². The summed E-state index contributed by atoms with van der Waals surface area (Å²) in [4.78, 5) is 0. The molecule has 27 heavy (non-hydrogen) atoms. The molecule has 0 spiro atoms. The number of para-hydroxylation sites is 1. The lowest BCUT2D eigenvalue weighted by Gasteiger charge is -2.30. The molecule has 2 bridgehead atoms. The van der Waals surface area contributed by atoms with Crippen LogP contribution in [-0.4, -0.2) is 20.0 Å². The second kappa shape index (κ2) is 7.82. The number of ether oxygens (including phenoxy) is 1. The van der Waals surface area contributed by atoms with Crippen LogP contribution in [0, 0.1) is 23.6 Å². The van der Waals surface area contributed by atoms with E-state index < -0.39 is 0 Å². The Kier molecular flexibility index (Phi) is 5.44. The number of benzene rings is 1. The molecule has 4 atom stereocenters. The highest BCUT2D eigenvalue weighted by molar-refractivity contribution is 7.99. The van der Waals surface area contributed by atoms with Crippen molar-refractivity contribution in [1.82, 2.24) is 14.8 Å². The van der Waals surface area contributed by atoms with Crippen molar-refractivity contribution >= 4 is 11.8 Å². The minimum atomic E-state index is -0.346. The van der Waals surface area contributed by atoms with Crippen LogP contribution in [0.2, 0.25) is 0 Å². The lowest BCUT2D eigenvalue weighted by Crippen LogP contribution is -2.24. The molecule has 4 nitrogen and oxygen atoms in total. The van der Waals surface area contributed by atoms with E-state index in [0.29, 0.717) is 17.2 Å². The molecule has 146 valence electrons. The maximum Gasteiger partial charge on any atom is 0.191 e. The number of nitrogens with zero attached hydrogens (tertiary/aromatic N) is 3. The van der Waals surface area contributed by atoms with Gasteiger partial charge in [0.25, 0.3) is 0 Å². The van der Waals surface area contributed by atoms with Gasteiger partial charge in [0.05, 0.1) is 0 Å². The molecule has 4 rings (SSSR count). The Balaban J connectivity index is 1.57. The summed E-state index contributed by atoms with van der Waals surface area (Å²) in [5.74, 6) is 3.11. The number of hydrogen-bond acceptors (Lipinski definition) is 4. The van der Waals surface area contributed by atoms with Crippen LogP contribution in [0.15, 0.2) is 29.4 Å². The van der Waals surface area contributed by atoms with Crippen LogP contribution in [0.25, 0.3) is 0 Å². The molecule has 2 saturated carbocycles. The first kappa shape index (κ1) is 18.8. The van der Waals surface area contributed by atoms with Crippen LogP contribution in [0.1, 0.15) is 58.3 Å². The van der Waals surface area contributed by atoms with Crippen LogP contribution in [0.3, 0.4) is 0 Å². The fourth-order valence-electron chi connectivity index (χ4n) is 4.89. The normalized spacial score (nSPS) is 25.3. The summed E-state index contributed by atoms with van der Waals surface area (Å²) >= 11 is 1.74. The molecular weight excluding hydrogens is 361 g/mol. The average molecular weight is 390 g/mol. The second-order valence-corrected chi connectivity index (χ2v) is 9.78. The molecule has 0 N–H and O–H groups in total. The summed E-state index contributed by atoms with van der Waals surface area (Å²) in [5, 5.41) is 10.2. The third-order valence-corrected chi connectivity index (χ3v) is 7.05. The molecule has 6 heteroatoms. The highest BCUT2D eigenvalue weighted by atomic mass is 32.2. The molecule has 2 fully saturated rings. The number of fused-ring (bicyclic) bond motifs is 2. The molecule has 1 heterocycles.